The van der Waals surface area contributed by atoms with E-state index in [1.165, 1.54) is 12.1 Å². The van der Waals surface area contributed by atoms with Crippen molar-refractivity contribution in [3.8, 4) is 11.8 Å². The molecule has 0 saturated carbocycles. The fourth-order valence-corrected chi connectivity index (χ4v) is 4.68. The molecular formula is C32H30FN5O4. The molecule has 2 heterocycles. The van der Waals surface area contributed by atoms with Crippen molar-refractivity contribution in [3.63, 3.8) is 0 Å². The number of H-pyrrole nitrogens is 1. The number of ether oxygens (including phenoxy) is 1. The first-order chi connectivity index (χ1) is 20.1. The number of aromatic amines is 1. The van der Waals surface area contributed by atoms with Crippen LogP contribution in [0.3, 0.4) is 0 Å². The summed E-state index contributed by atoms with van der Waals surface area (Å²) in [7, 11) is 1.58. The number of nitrogens with zero attached hydrogens (tertiary/aromatic N) is 3. The van der Waals surface area contributed by atoms with Crippen molar-refractivity contribution in [2.75, 3.05) is 12.4 Å². The van der Waals surface area contributed by atoms with Gasteiger partial charge < -0.3 is 10.1 Å². The van der Waals surface area contributed by atoms with Crippen LogP contribution in [0.4, 0.5) is 10.2 Å². The maximum absolute atomic E-state index is 14.6. The minimum Gasteiger partial charge on any atom is -0.497 e. The van der Waals surface area contributed by atoms with Crippen molar-refractivity contribution in [2.24, 2.45) is 0 Å². The number of hydrogen-bond acceptors (Lipinski definition) is 7. The van der Waals surface area contributed by atoms with Gasteiger partial charge >= 0.3 is 5.69 Å². The molecule has 0 aliphatic rings. The number of halogens is 1. The normalized spacial score (nSPS) is 11.1. The Morgan fingerprint density at radius 3 is 2.55 bits per heavy atom. The molecule has 4 rings (SSSR count). The number of aryl methyl sites for hydroxylation is 1. The van der Waals surface area contributed by atoms with E-state index in [-0.39, 0.29) is 29.2 Å². The first kappa shape index (κ1) is 29.7. The number of carbonyl (C=O) groups excluding carboxylic acids is 1. The Balaban J connectivity index is 1.76. The Morgan fingerprint density at radius 1 is 1.14 bits per heavy atom. The van der Waals surface area contributed by atoms with E-state index in [0.717, 1.165) is 15.7 Å². The Hall–Kier alpha value is -5.30. The minimum atomic E-state index is -0.796. The molecule has 2 aromatic heterocycles. The predicted octanol–water partition coefficient (Wildman–Crippen LogP) is 4.94. The van der Waals surface area contributed by atoms with Gasteiger partial charge in [0, 0.05) is 23.7 Å². The zero-order valence-corrected chi connectivity index (χ0v) is 23.7. The number of benzene rings is 2. The Morgan fingerprint density at radius 2 is 1.88 bits per heavy atom. The average Bonchev–Trinajstić information content (AvgIpc) is 2.95. The number of allylic oxidation sites excluding steroid dienone is 1. The summed E-state index contributed by atoms with van der Waals surface area (Å²) in [5.74, 6) is -0.764. The molecule has 0 spiro atoms. The highest BCUT2D eigenvalue weighted by Gasteiger charge is 2.25. The number of pyridine rings is 1. The van der Waals surface area contributed by atoms with E-state index >= 15 is 0 Å². The van der Waals surface area contributed by atoms with Gasteiger partial charge in [0.1, 0.15) is 17.3 Å². The number of hydrogen-bond donors (Lipinski definition) is 2. The van der Waals surface area contributed by atoms with Gasteiger partial charge in [-0.3, -0.25) is 19.1 Å². The fraction of sp³-hybridized carbons (Fsp3) is 0.219. The van der Waals surface area contributed by atoms with Gasteiger partial charge in [-0.25, -0.2) is 9.78 Å². The van der Waals surface area contributed by atoms with Gasteiger partial charge in [-0.05, 0) is 77.6 Å². The monoisotopic (exact) mass is 567 g/mol. The molecule has 42 heavy (non-hydrogen) atoms. The van der Waals surface area contributed by atoms with Crippen molar-refractivity contribution in [1.29, 1.82) is 5.26 Å². The number of rotatable bonds is 10. The predicted molar refractivity (Wildman–Crippen MR) is 158 cm³/mol. The van der Waals surface area contributed by atoms with E-state index in [9.17, 15) is 18.8 Å². The molecule has 0 aliphatic carbocycles. The summed E-state index contributed by atoms with van der Waals surface area (Å²) in [6.07, 6.45) is 2.86. The second-order valence-corrected chi connectivity index (χ2v) is 10.1. The van der Waals surface area contributed by atoms with Crippen LogP contribution < -0.4 is 21.3 Å². The Kier molecular flexibility index (Phi) is 9.12. The summed E-state index contributed by atoms with van der Waals surface area (Å²) >= 11 is 0. The second kappa shape index (κ2) is 12.9. The second-order valence-electron chi connectivity index (χ2n) is 10.1. The Labute approximate surface area is 242 Å². The lowest BCUT2D eigenvalue weighted by molar-refractivity contribution is 0.102. The van der Waals surface area contributed by atoms with Crippen LogP contribution in [0.5, 0.6) is 5.75 Å². The summed E-state index contributed by atoms with van der Waals surface area (Å²) < 4.78 is 21.0. The average molecular weight is 568 g/mol. The molecule has 0 radical (unpaired) electrons. The standard InChI is InChI=1S/C32H30FN5O4/c1-19(2)28-29(30(39)24-13-20(3)12-22(14-24)6-5-11-34)38(32(41)37-31(28)40)18-23-15-26(33)36-27(16-23)35-17-21-7-9-25(42-4)10-8-21/h5-10,12-16,19H,17-18H2,1-4H3,(H,35,36)(H,37,40,41). The van der Waals surface area contributed by atoms with Gasteiger partial charge in [-0.15, -0.1) is 0 Å². The molecule has 0 amide bonds. The molecule has 214 valence electrons. The number of nitriles is 1. The molecule has 2 N–H and O–H groups in total. The maximum atomic E-state index is 14.6. The van der Waals surface area contributed by atoms with Crippen molar-refractivity contribution < 1.29 is 13.9 Å². The van der Waals surface area contributed by atoms with Gasteiger partial charge in [0.15, 0.2) is 0 Å². The van der Waals surface area contributed by atoms with Crippen LogP contribution in [0.15, 0.2) is 70.3 Å². The zero-order chi connectivity index (χ0) is 30.4. The van der Waals surface area contributed by atoms with Crippen LogP contribution in [0.2, 0.25) is 0 Å². The lowest BCUT2D eigenvalue weighted by Crippen LogP contribution is -2.38. The smallest absolute Gasteiger partial charge is 0.329 e. The van der Waals surface area contributed by atoms with Crippen LogP contribution >= 0.6 is 0 Å². The van der Waals surface area contributed by atoms with Gasteiger partial charge in [0.2, 0.25) is 11.7 Å². The fourth-order valence-electron chi connectivity index (χ4n) is 4.68. The van der Waals surface area contributed by atoms with E-state index in [0.29, 0.717) is 23.4 Å². The molecule has 0 atom stereocenters. The van der Waals surface area contributed by atoms with Gasteiger partial charge in [-0.2, -0.15) is 9.65 Å². The highest BCUT2D eigenvalue weighted by Crippen LogP contribution is 2.22. The van der Waals surface area contributed by atoms with Crippen molar-refractivity contribution in [1.82, 2.24) is 14.5 Å². The molecule has 4 aromatic rings. The quantitative estimate of drug-likeness (QED) is 0.158. The summed E-state index contributed by atoms with van der Waals surface area (Å²) in [6, 6.07) is 17.1. The molecule has 10 heteroatoms. The highest BCUT2D eigenvalue weighted by molar-refractivity contribution is 6.09. The minimum absolute atomic E-state index is 0.0791. The molecule has 0 unspecified atom stereocenters. The number of ketones is 1. The van der Waals surface area contributed by atoms with Crippen molar-refractivity contribution in [3.05, 3.63) is 127 Å². The lowest BCUT2D eigenvalue weighted by Gasteiger charge is -2.18. The molecule has 2 aromatic carbocycles. The summed E-state index contributed by atoms with van der Waals surface area (Å²) in [4.78, 5) is 46.3. The van der Waals surface area contributed by atoms with E-state index < -0.39 is 28.9 Å². The maximum Gasteiger partial charge on any atom is 0.329 e. The van der Waals surface area contributed by atoms with Crippen LogP contribution in [0, 0.1) is 24.2 Å². The molecule has 0 saturated heterocycles. The van der Waals surface area contributed by atoms with Crippen LogP contribution in [0.25, 0.3) is 6.08 Å². The van der Waals surface area contributed by atoms with Crippen molar-refractivity contribution in [2.45, 2.75) is 39.8 Å². The highest BCUT2D eigenvalue weighted by atomic mass is 19.1. The van der Waals surface area contributed by atoms with E-state index in [1.807, 2.05) is 30.3 Å². The third-order valence-electron chi connectivity index (χ3n) is 6.57. The van der Waals surface area contributed by atoms with Crippen LogP contribution in [-0.2, 0) is 13.1 Å². The third-order valence-corrected chi connectivity index (χ3v) is 6.57. The van der Waals surface area contributed by atoms with E-state index in [2.05, 4.69) is 15.3 Å². The van der Waals surface area contributed by atoms with Gasteiger partial charge in [0.05, 0.1) is 19.7 Å². The van der Waals surface area contributed by atoms with Gasteiger partial charge in [-0.1, -0.05) is 32.0 Å². The Bertz CT molecular complexity index is 1820. The number of anilines is 1. The first-order valence-corrected chi connectivity index (χ1v) is 13.2. The molecule has 0 bridgehead atoms. The van der Waals surface area contributed by atoms with E-state index in [1.54, 1.807) is 58.2 Å². The van der Waals surface area contributed by atoms with Crippen LogP contribution in [0.1, 0.15) is 63.6 Å². The molecule has 0 fully saturated rings. The number of carbonyl (C=O) groups is 1. The topological polar surface area (TPSA) is 130 Å². The lowest BCUT2D eigenvalue weighted by atomic mass is 9.95. The van der Waals surface area contributed by atoms with Crippen molar-refractivity contribution >= 4 is 17.7 Å². The zero-order valence-electron chi connectivity index (χ0n) is 23.7. The first-order valence-electron chi connectivity index (χ1n) is 13.2. The number of aromatic nitrogens is 3. The van der Waals surface area contributed by atoms with Crippen LogP contribution in [-0.4, -0.2) is 27.4 Å². The SMILES string of the molecule is COc1ccc(CNc2cc(Cn3c(C(=O)c4cc(C)cc(C=CC#N)c4)c(C(C)C)c(=O)[nH]c3=O)cc(F)n2)cc1. The van der Waals surface area contributed by atoms with Gasteiger partial charge in [0.25, 0.3) is 5.56 Å². The molecular weight excluding hydrogens is 537 g/mol. The number of nitrogens with one attached hydrogen (secondary N) is 2. The number of methoxy groups -OCH3 is 1. The third kappa shape index (κ3) is 6.88. The molecule has 9 nitrogen and oxygen atoms in total. The summed E-state index contributed by atoms with van der Waals surface area (Å²) in [6.45, 7) is 5.46. The van der Waals surface area contributed by atoms with E-state index in [4.69, 9.17) is 10.00 Å². The summed E-state index contributed by atoms with van der Waals surface area (Å²) in [5, 5.41) is 12.0. The largest absolute Gasteiger partial charge is 0.497 e. The molecule has 0 aliphatic heterocycles. The summed E-state index contributed by atoms with van der Waals surface area (Å²) in [5.41, 5.74) is 1.50.